The minimum atomic E-state index is -0.515. The van der Waals surface area contributed by atoms with E-state index in [1.165, 1.54) is 11.8 Å². The summed E-state index contributed by atoms with van der Waals surface area (Å²) in [4.78, 5) is 32.4. The lowest BCUT2D eigenvalue weighted by Crippen LogP contribution is -2.20. The summed E-state index contributed by atoms with van der Waals surface area (Å²) in [5.41, 5.74) is 2.38. The van der Waals surface area contributed by atoms with Crippen molar-refractivity contribution >= 4 is 29.2 Å². The molecule has 0 bridgehead atoms. The molecule has 2 heterocycles. The number of anilines is 2. The third kappa shape index (κ3) is 6.14. The van der Waals surface area contributed by atoms with Crippen molar-refractivity contribution in [1.29, 1.82) is 5.26 Å². The summed E-state index contributed by atoms with van der Waals surface area (Å²) < 4.78 is 16.3. The number of ether oxygens (including phenoxy) is 3. The number of hydrogen-bond acceptors (Lipinski definition) is 8. The Morgan fingerprint density at radius 3 is 2.62 bits per heavy atom. The van der Waals surface area contributed by atoms with Crippen molar-refractivity contribution in [3.63, 3.8) is 0 Å². The number of amides is 2. The number of aromatic amines is 1. The summed E-state index contributed by atoms with van der Waals surface area (Å²) in [6, 6.07) is 21.1. The normalized spacial score (nSPS) is 11.8. The van der Waals surface area contributed by atoms with Crippen LogP contribution in [0.2, 0.25) is 0 Å². The molecule has 0 radical (unpaired) electrons. The number of carbonyl (C=O) groups excluding carboxylic acids is 1. The smallest absolute Gasteiger partial charge is 0.323 e. The van der Waals surface area contributed by atoms with Gasteiger partial charge >= 0.3 is 6.03 Å². The minimum absolute atomic E-state index is 0.0668. The maximum absolute atomic E-state index is 12.6. The molecule has 0 unspecified atom stereocenters. The summed E-state index contributed by atoms with van der Waals surface area (Å²) in [5, 5.41) is 15.5. The van der Waals surface area contributed by atoms with Crippen LogP contribution in [-0.4, -0.2) is 36.3 Å². The van der Waals surface area contributed by atoms with Gasteiger partial charge in [0.2, 0.25) is 0 Å². The molecule has 1 aromatic heterocycles. The number of aromatic nitrogens is 2. The van der Waals surface area contributed by atoms with Crippen LogP contribution in [0.4, 0.5) is 16.2 Å². The van der Waals surface area contributed by atoms with Crippen LogP contribution < -0.4 is 30.4 Å². The van der Waals surface area contributed by atoms with Crippen LogP contribution in [0.15, 0.2) is 76.7 Å². The van der Waals surface area contributed by atoms with E-state index in [9.17, 15) is 14.9 Å². The Hall–Kier alpha value is -4.95. The van der Waals surface area contributed by atoms with Crippen LogP contribution in [0.3, 0.4) is 0 Å². The van der Waals surface area contributed by atoms with E-state index in [0.717, 1.165) is 5.56 Å². The van der Waals surface area contributed by atoms with Crippen LogP contribution in [-0.2, 0) is 5.75 Å². The molecule has 3 N–H and O–H groups in total. The second-order valence-corrected chi connectivity index (χ2v) is 9.33. The van der Waals surface area contributed by atoms with Crippen molar-refractivity contribution in [2.24, 2.45) is 0 Å². The number of nitrogens with one attached hydrogen (secondary N) is 3. The molecule has 0 fully saturated rings. The van der Waals surface area contributed by atoms with Crippen molar-refractivity contribution in [1.82, 2.24) is 9.97 Å². The summed E-state index contributed by atoms with van der Waals surface area (Å²) >= 11 is 1.31. The molecule has 11 heteroatoms. The van der Waals surface area contributed by atoms with Gasteiger partial charge in [-0.3, -0.25) is 4.79 Å². The van der Waals surface area contributed by atoms with E-state index in [1.54, 1.807) is 55.6 Å². The first-order valence-electron chi connectivity index (χ1n) is 11.9. The van der Waals surface area contributed by atoms with Crippen LogP contribution >= 0.6 is 11.8 Å². The monoisotopic (exact) mass is 541 g/mol. The fourth-order valence-electron chi connectivity index (χ4n) is 3.91. The summed E-state index contributed by atoms with van der Waals surface area (Å²) in [6.45, 7) is 0.956. The SMILES string of the molecule is COc1cccc(-c2nc(SCc3cccc(NC(=O)Nc4ccc5c(c4)OCCO5)c3)[nH]c(=O)c2C#N)c1. The summed E-state index contributed by atoms with van der Waals surface area (Å²) in [5.74, 6) is 2.29. The standard InChI is InChI=1S/C28H23N5O5S/c1-36-21-7-3-5-18(13-21)25-22(15-29)26(34)33-28(32-25)39-16-17-4-2-6-19(12-17)30-27(35)31-20-8-9-23-24(14-20)38-11-10-37-23/h2-9,12-14H,10-11,16H2,1H3,(H2,30,31,35)(H,32,33,34). The first kappa shape index (κ1) is 25.7. The molecule has 0 saturated heterocycles. The lowest BCUT2D eigenvalue weighted by Gasteiger charge is -2.19. The molecule has 1 aliphatic heterocycles. The molecule has 5 rings (SSSR count). The quantitative estimate of drug-likeness (QED) is 0.219. The van der Waals surface area contributed by atoms with Gasteiger partial charge in [0.25, 0.3) is 5.56 Å². The van der Waals surface area contributed by atoms with E-state index in [1.807, 2.05) is 24.3 Å². The molecule has 0 saturated carbocycles. The molecule has 2 amide bonds. The van der Waals surface area contributed by atoms with Gasteiger partial charge in [-0.05, 0) is 42.0 Å². The number of carbonyl (C=O) groups is 1. The predicted molar refractivity (Wildman–Crippen MR) is 148 cm³/mol. The molecule has 1 aliphatic rings. The van der Waals surface area contributed by atoms with Crippen molar-refractivity contribution in [2.75, 3.05) is 31.0 Å². The van der Waals surface area contributed by atoms with Gasteiger partial charge in [-0.2, -0.15) is 5.26 Å². The van der Waals surface area contributed by atoms with Crippen LogP contribution in [0, 0.1) is 11.3 Å². The molecule has 3 aromatic carbocycles. The fourth-order valence-corrected chi connectivity index (χ4v) is 4.71. The zero-order valence-electron chi connectivity index (χ0n) is 20.8. The Labute approximate surface area is 228 Å². The summed E-state index contributed by atoms with van der Waals surface area (Å²) in [7, 11) is 1.54. The number of nitrogens with zero attached hydrogens (tertiary/aromatic N) is 2. The Morgan fingerprint density at radius 2 is 1.82 bits per heavy atom. The van der Waals surface area contributed by atoms with E-state index in [2.05, 4.69) is 20.6 Å². The van der Waals surface area contributed by atoms with Gasteiger partial charge in [-0.1, -0.05) is 36.0 Å². The number of methoxy groups -OCH3 is 1. The van der Waals surface area contributed by atoms with Gasteiger partial charge < -0.3 is 29.8 Å². The molecular weight excluding hydrogens is 518 g/mol. The second-order valence-electron chi connectivity index (χ2n) is 8.37. The van der Waals surface area contributed by atoms with E-state index >= 15 is 0 Å². The molecule has 0 atom stereocenters. The van der Waals surface area contributed by atoms with E-state index < -0.39 is 11.6 Å². The Balaban J connectivity index is 1.26. The van der Waals surface area contributed by atoms with Crippen molar-refractivity contribution < 1.29 is 19.0 Å². The maximum atomic E-state index is 12.6. The highest BCUT2D eigenvalue weighted by Gasteiger charge is 2.15. The van der Waals surface area contributed by atoms with Gasteiger partial charge in [-0.25, -0.2) is 9.78 Å². The van der Waals surface area contributed by atoms with Gasteiger partial charge in [0.05, 0.1) is 12.8 Å². The highest BCUT2D eigenvalue weighted by atomic mass is 32.2. The first-order valence-corrected chi connectivity index (χ1v) is 12.9. The average molecular weight is 542 g/mol. The van der Waals surface area contributed by atoms with E-state index in [4.69, 9.17) is 14.2 Å². The number of urea groups is 1. The van der Waals surface area contributed by atoms with Gasteiger partial charge in [0, 0.05) is 28.8 Å². The number of benzene rings is 3. The van der Waals surface area contributed by atoms with Crippen LogP contribution in [0.25, 0.3) is 11.3 Å². The largest absolute Gasteiger partial charge is 0.497 e. The fraction of sp³-hybridized carbons (Fsp3) is 0.143. The third-order valence-corrected chi connectivity index (χ3v) is 6.66. The first-order chi connectivity index (χ1) is 19.0. The summed E-state index contributed by atoms with van der Waals surface area (Å²) in [6.07, 6.45) is 0. The number of rotatable bonds is 7. The molecule has 0 spiro atoms. The number of thioether (sulfide) groups is 1. The number of nitriles is 1. The van der Waals surface area contributed by atoms with Gasteiger partial charge in [0.1, 0.15) is 30.6 Å². The molecule has 196 valence electrons. The topological polar surface area (TPSA) is 138 Å². The highest BCUT2D eigenvalue weighted by Crippen LogP contribution is 2.33. The Kier molecular flexibility index (Phi) is 7.65. The third-order valence-electron chi connectivity index (χ3n) is 5.71. The number of H-pyrrole nitrogens is 1. The van der Waals surface area contributed by atoms with Crippen molar-refractivity contribution in [3.05, 3.63) is 88.2 Å². The van der Waals surface area contributed by atoms with E-state index in [0.29, 0.717) is 58.3 Å². The second kappa shape index (κ2) is 11.6. The molecule has 10 nitrogen and oxygen atoms in total. The lowest BCUT2D eigenvalue weighted by molar-refractivity contribution is 0.171. The van der Waals surface area contributed by atoms with Gasteiger partial charge in [0.15, 0.2) is 16.7 Å². The Bertz CT molecular complexity index is 1630. The predicted octanol–water partition coefficient (Wildman–Crippen LogP) is 5.02. The average Bonchev–Trinajstić information content (AvgIpc) is 2.96. The zero-order chi connectivity index (χ0) is 27.2. The van der Waals surface area contributed by atoms with E-state index in [-0.39, 0.29) is 11.3 Å². The molecule has 4 aromatic rings. The van der Waals surface area contributed by atoms with Gasteiger partial charge in [-0.15, -0.1) is 0 Å². The molecule has 39 heavy (non-hydrogen) atoms. The highest BCUT2D eigenvalue weighted by molar-refractivity contribution is 7.98. The zero-order valence-corrected chi connectivity index (χ0v) is 21.6. The number of fused-ring (bicyclic) bond motifs is 1. The minimum Gasteiger partial charge on any atom is -0.497 e. The molecule has 0 aliphatic carbocycles. The maximum Gasteiger partial charge on any atom is 0.323 e. The van der Waals surface area contributed by atoms with Crippen LogP contribution in [0.1, 0.15) is 11.1 Å². The Morgan fingerprint density at radius 1 is 1.05 bits per heavy atom. The van der Waals surface area contributed by atoms with Crippen LogP contribution in [0.5, 0.6) is 17.2 Å². The lowest BCUT2D eigenvalue weighted by atomic mass is 10.1. The number of hydrogen-bond donors (Lipinski definition) is 3. The van der Waals surface area contributed by atoms with Crippen molar-refractivity contribution in [3.8, 4) is 34.6 Å². The molecular formula is C28H23N5O5S. The van der Waals surface area contributed by atoms with Crippen molar-refractivity contribution in [2.45, 2.75) is 10.9 Å².